The van der Waals surface area contributed by atoms with E-state index in [4.69, 9.17) is 5.73 Å². The van der Waals surface area contributed by atoms with E-state index in [1.165, 1.54) is 6.07 Å². The Bertz CT molecular complexity index is 2000. The van der Waals surface area contributed by atoms with Gasteiger partial charge in [0.1, 0.15) is 17.7 Å². The number of piperidine rings is 2. The van der Waals surface area contributed by atoms with Gasteiger partial charge in [0, 0.05) is 91.1 Å². The second-order valence-electron chi connectivity index (χ2n) is 15.5. The van der Waals surface area contributed by atoms with Gasteiger partial charge in [0.05, 0.1) is 23.6 Å². The molecule has 0 saturated carbocycles. The van der Waals surface area contributed by atoms with Crippen LogP contribution < -0.4 is 36.4 Å². The Kier molecular flexibility index (Phi) is 10.9. The van der Waals surface area contributed by atoms with Gasteiger partial charge in [-0.1, -0.05) is 0 Å². The van der Waals surface area contributed by atoms with Gasteiger partial charge < -0.3 is 40.9 Å². The number of nitrogens with zero attached hydrogens (tertiary/aromatic N) is 10. The molecule has 2 aromatic heterocycles. The summed E-state index contributed by atoms with van der Waals surface area (Å²) in [5.74, 6) is -0.272. The lowest BCUT2D eigenvalue weighted by atomic mass is 10.0. The maximum Gasteiger partial charge on any atom is 0.320 e. The molecule has 5 N–H and O–H groups in total. The zero-order chi connectivity index (χ0) is 39.6. The van der Waals surface area contributed by atoms with Crippen molar-refractivity contribution < 1.29 is 23.6 Å². The van der Waals surface area contributed by atoms with Crippen molar-refractivity contribution >= 4 is 58.4 Å². The van der Waals surface area contributed by atoms with Crippen molar-refractivity contribution in [2.24, 2.45) is 11.7 Å². The average molecular weight is 785 g/mol. The monoisotopic (exact) mass is 784 g/mol. The number of anilines is 6. The van der Waals surface area contributed by atoms with E-state index in [1.54, 1.807) is 24.1 Å². The molecule has 0 radical (unpaired) electrons. The molecule has 8 rings (SSSR count). The van der Waals surface area contributed by atoms with Crippen LogP contribution in [-0.4, -0.2) is 150 Å². The summed E-state index contributed by atoms with van der Waals surface area (Å²) in [4.78, 5) is 70.0. The van der Waals surface area contributed by atoms with E-state index in [-0.39, 0.29) is 35.4 Å². The van der Waals surface area contributed by atoms with Crippen LogP contribution in [0.4, 0.5) is 43.8 Å². The predicted octanol–water partition coefficient (Wildman–Crippen LogP) is 1.45. The quantitative estimate of drug-likeness (QED) is 0.204. The number of hydrogen-bond donors (Lipinski definition) is 4. The molecule has 5 amide bonds. The van der Waals surface area contributed by atoms with Gasteiger partial charge in [0.15, 0.2) is 11.5 Å². The maximum absolute atomic E-state index is 15.7. The van der Waals surface area contributed by atoms with Crippen molar-refractivity contribution in [3.8, 4) is 0 Å². The molecule has 5 aliphatic heterocycles. The molecule has 0 spiro atoms. The molecule has 3 atom stereocenters. The van der Waals surface area contributed by atoms with E-state index in [9.17, 15) is 19.2 Å². The molecule has 3 aromatic rings. The number of piperazine rings is 1. The number of primary amides is 1. The molecule has 302 valence electrons. The third-order valence-electron chi connectivity index (χ3n) is 11.7. The first kappa shape index (κ1) is 38.0. The highest BCUT2D eigenvalue weighted by atomic mass is 19.1. The van der Waals surface area contributed by atoms with Crippen LogP contribution >= 0.6 is 0 Å². The lowest BCUT2D eigenvalue weighted by molar-refractivity contribution is -0.133. The Labute approximate surface area is 329 Å². The first-order chi connectivity index (χ1) is 27.6. The second kappa shape index (κ2) is 16.3. The van der Waals surface area contributed by atoms with Gasteiger partial charge in [-0.15, -0.1) is 10.2 Å². The van der Waals surface area contributed by atoms with E-state index in [2.05, 4.69) is 50.8 Å². The normalized spacial score (nSPS) is 23.3. The summed E-state index contributed by atoms with van der Waals surface area (Å²) in [6, 6.07) is 8.32. The van der Waals surface area contributed by atoms with Crippen LogP contribution in [0.1, 0.15) is 42.6 Å². The van der Waals surface area contributed by atoms with Gasteiger partial charge in [0.25, 0.3) is 5.91 Å². The van der Waals surface area contributed by atoms with Crippen molar-refractivity contribution in [1.82, 2.24) is 40.2 Å². The zero-order valence-electron chi connectivity index (χ0n) is 32.1. The minimum absolute atomic E-state index is 0.00982. The first-order valence-electron chi connectivity index (χ1n) is 19.7. The smallest absolute Gasteiger partial charge is 0.320 e. The number of imide groups is 1. The molecule has 5 saturated heterocycles. The molecular weight excluding hydrogens is 736 g/mol. The van der Waals surface area contributed by atoms with Crippen LogP contribution in [0.25, 0.3) is 0 Å². The summed E-state index contributed by atoms with van der Waals surface area (Å²) >= 11 is 0. The molecule has 0 bridgehead atoms. The molecule has 0 aliphatic carbocycles. The Morgan fingerprint density at radius 3 is 2.49 bits per heavy atom. The number of carbonyl (C=O) groups excluding carboxylic acids is 4. The molecular formula is C38H49FN14O4. The lowest BCUT2D eigenvalue weighted by Gasteiger charge is -2.37. The van der Waals surface area contributed by atoms with E-state index < -0.39 is 17.8 Å². The fraction of sp³-hybridized carbons (Fsp3) is 0.526. The van der Waals surface area contributed by atoms with Gasteiger partial charge in [0.2, 0.25) is 17.8 Å². The second-order valence-corrected chi connectivity index (χ2v) is 15.5. The largest absolute Gasteiger partial charge is 0.370 e. The third-order valence-corrected chi connectivity index (χ3v) is 11.7. The third kappa shape index (κ3) is 8.47. The number of carbonyl (C=O) groups is 4. The number of halogens is 1. The summed E-state index contributed by atoms with van der Waals surface area (Å²) < 4.78 is 15.7. The molecule has 18 nitrogen and oxygen atoms in total. The Hall–Kier alpha value is -5.85. The number of pyridine rings is 1. The number of urea groups is 1. The molecule has 5 aliphatic rings. The SMILES string of the molecule is CN1CCN(C2CCCN(c3nnc(C(N)=O)c(Nc4ccc(N5CCN(CC6CCN(c7ccc(NC8CCC(=O)NC8=O)nc7)C6)CC5)c(F)c4)n3)C2)C1=O. The van der Waals surface area contributed by atoms with Gasteiger partial charge >= 0.3 is 6.03 Å². The van der Waals surface area contributed by atoms with E-state index in [0.717, 1.165) is 57.7 Å². The topological polar surface area (TPSA) is 201 Å². The van der Waals surface area contributed by atoms with Crippen LogP contribution in [0.3, 0.4) is 0 Å². The van der Waals surface area contributed by atoms with E-state index in [1.807, 2.05) is 28.1 Å². The predicted molar refractivity (Wildman–Crippen MR) is 211 cm³/mol. The summed E-state index contributed by atoms with van der Waals surface area (Å²) in [6.07, 6.45) is 5.36. The van der Waals surface area contributed by atoms with Crippen LogP contribution in [0.5, 0.6) is 0 Å². The number of nitrogens with one attached hydrogen (secondary N) is 3. The number of hydrogen-bond acceptors (Lipinski definition) is 14. The number of rotatable bonds is 11. The number of benzene rings is 1. The van der Waals surface area contributed by atoms with Crippen molar-refractivity contribution in [3.05, 3.63) is 48.0 Å². The van der Waals surface area contributed by atoms with E-state index >= 15 is 4.39 Å². The summed E-state index contributed by atoms with van der Waals surface area (Å²) in [5, 5.41) is 16.8. The van der Waals surface area contributed by atoms with Gasteiger partial charge in [-0.3, -0.25) is 24.6 Å². The minimum Gasteiger partial charge on any atom is -0.370 e. The fourth-order valence-electron chi connectivity index (χ4n) is 8.50. The molecule has 3 unspecified atom stereocenters. The fourth-order valence-corrected chi connectivity index (χ4v) is 8.50. The Balaban J connectivity index is 0.830. The summed E-state index contributed by atoms with van der Waals surface area (Å²) in [6.45, 7) is 8.38. The summed E-state index contributed by atoms with van der Waals surface area (Å²) in [7, 11) is 1.80. The molecule has 19 heteroatoms. The first-order valence-corrected chi connectivity index (χ1v) is 19.7. The van der Waals surface area contributed by atoms with Gasteiger partial charge in [-0.05, 0) is 61.9 Å². The summed E-state index contributed by atoms with van der Waals surface area (Å²) in [5.41, 5.74) is 7.41. The Morgan fingerprint density at radius 1 is 0.930 bits per heavy atom. The standard InChI is InChI=1S/C38H49FN14O4/c1-48-13-18-53(38(48)57)27-3-2-11-52(23-27)37-45-35(33(34(40)55)46-47-37)42-25-4-7-30(28(39)19-25)50-16-14-49(15-17-50)21-24-10-12-51(22-24)26-5-8-31(41-20-26)43-29-6-9-32(54)44-36(29)56/h4-5,7-8,19-20,24,27,29H,2-3,6,9-18,21-23H2,1H3,(H2,40,55)(H,41,43)(H,42,45,47)(H,44,54,56). The van der Waals surface area contributed by atoms with Crippen LogP contribution in [-0.2, 0) is 9.59 Å². The maximum atomic E-state index is 15.7. The van der Waals surface area contributed by atoms with Crippen molar-refractivity contribution in [2.75, 3.05) is 104 Å². The van der Waals surface area contributed by atoms with Crippen LogP contribution in [0.2, 0.25) is 0 Å². The highest BCUT2D eigenvalue weighted by Crippen LogP contribution is 2.30. The van der Waals surface area contributed by atoms with Gasteiger partial charge in [-0.2, -0.15) is 4.98 Å². The zero-order valence-corrected chi connectivity index (χ0v) is 32.1. The van der Waals surface area contributed by atoms with Crippen LogP contribution in [0.15, 0.2) is 36.5 Å². The van der Waals surface area contributed by atoms with Crippen molar-refractivity contribution in [2.45, 2.75) is 44.2 Å². The van der Waals surface area contributed by atoms with Crippen molar-refractivity contribution in [1.29, 1.82) is 0 Å². The number of aromatic nitrogens is 4. The van der Waals surface area contributed by atoms with Crippen molar-refractivity contribution in [3.63, 3.8) is 0 Å². The number of nitrogens with two attached hydrogens (primary N) is 1. The molecule has 5 fully saturated rings. The van der Waals surface area contributed by atoms with Crippen LogP contribution in [0, 0.1) is 11.7 Å². The Morgan fingerprint density at radius 2 is 1.77 bits per heavy atom. The highest BCUT2D eigenvalue weighted by Gasteiger charge is 2.35. The average Bonchev–Trinajstić information content (AvgIpc) is 3.82. The molecule has 57 heavy (non-hydrogen) atoms. The van der Waals surface area contributed by atoms with E-state index in [0.29, 0.717) is 81.2 Å². The minimum atomic E-state index is -0.807. The highest BCUT2D eigenvalue weighted by molar-refractivity contribution is 6.01. The van der Waals surface area contributed by atoms with Gasteiger partial charge in [-0.25, -0.2) is 14.2 Å². The molecule has 7 heterocycles. The lowest BCUT2D eigenvalue weighted by Crippen LogP contribution is -2.49. The number of amides is 5. The molecule has 1 aromatic carbocycles. The number of likely N-dealkylation sites (N-methyl/N-ethyl adjacent to an activating group) is 1.